The highest BCUT2D eigenvalue weighted by molar-refractivity contribution is 9.10. The van der Waals surface area contributed by atoms with Gasteiger partial charge in [-0.1, -0.05) is 22.0 Å². The van der Waals surface area contributed by atoms with E-state index in [1.807, 2.05) is 0 Å². The van der Waals surface area contributed by atoms with Crippen molar-refractivity contribution in [3.63, 3.8) is 0 Å². The molecule has 0 heterocycles. The number of sulfonamides is 1. The molecule has 0 aromatic heterocycles. The summed E-state index contributed by atoms with van der Waals surface area (Å²) in [4.78, 5) is 14.3. The smallest absolute Gasteiger partial charge is 0.254 e. The summed E-state index contributed by atoms with van der Waals surface area (Å²) in [6, 6.07) is 8.64. The van der Waals surface area contributed by atoms with E-state index in [1.54, 1.807) is 12.1 Å². The van der Waals surface area contributed by atoms with Crippen molar-refractivity contribution in [1.29, 1.82) is 0 Å². The van der Waals surface area contributed by atoms with Crippen molar-refractivity contribution in [2.75, 3.05) is 27.7 Å². The van der Waals surface area contributed by atoms with Gasteiger partial charge in [0.05, 0.1) is 7.11 Å². The van der Waals surface area contributed by atoms with Gasteiger partial charge >= 0.3 is 0 Å². The number of nitrogens with zero attached hydrogens (tertiary/aromatic N) is 2. The van der Waals surface area contributed by atoms with E-state index in [0.717, 1.165) is 4.31 Å². The number of benzene rings is 2. The molecule has 0 aliphatic heterocycles. The topological polar surface area (TPSA) is 66.9 Å². The van der Waals surface area contributed by atoms with Crippen LogP contribution in [0.5, 0.6) is 5.75 Å². The van der Waals surface area contributed by atoms with E-state index < -0.39 is 21.7 Å². The molecule has 0 saturated heterocycles. The van der Waals surface area contributed by atoms with Crippen LogP contribution in [0.25, 0.3) is 0 Å². The molecule has 29 heavy (non-hydrogen) atoms. The molecular formula is C20H22BrFN2O4S. The average Bonchev–Trinajstić information content (AvgIpc) is 2.69. The van der Waals surface area contributed by atoms with Gasteiger partial charge in [-0.05, 0) is 36.4 Å². The maximum atomic E-state index is 14.2. The molecule has 0 aliphatic rings. The molecule has 0 spiro atoms. The molecule has 0 unspecified atom stereocenters. The molecule has 0 radical (unpaired) electrons. The fourth-order valence-electron chi connectivity index (χ4n) is 2.64. The average molecular weight is 485 g/mol. The molecule has 156 valence electrons. The van der Waals surface area contributed by atoms with Gasteiger partial charge in [0.1, 0.15) is 16.5 Å². The quantitative estimate of drug-likeness (QED) is 0.536. The van der Waals surface area contributed by atoms with E-state index in [1.165, 1.54) is 56.4 Å². The van der Waals surface area contributed by atoms with Gasteiger partial charge in [0, 0.05) is 42.8 Å². The van der Waals surface area contributed by atoms with Gasteiger partial charge in [-0.2, -0.15) is 0 Å². The SMILES string of the molecule is C=CCN(Cc1cc(Br)ccc1F)C(=O)c1ccc(OC)c(S(=O)(=O)N(C)C)c1. The Bertz CT molecular complexity index is 1030. The van der Waals surface area contributed by atoms with Crippen LogP contribution in [0.3, 0.4) is 0 Å². The fraction of sp³-hybridized carbons (Fsp3) is 0.250. The van der Waals surface area contributed by atoms with Crippen molar-refractivity contribution in [1.82, 2.24) is 9.21 Å². The summed E-state index contributed by atoms with van der Waals surface area (Å²) >= 11 is 3.29. The van der Waals surface area contributed by atoms with Crippen LogP contribution >= 0.6 is 15.9 Å². The van der Waals surface area contributed by atoms with E-state index in [4.69, 9.17) is 4.74 Å². The Balaban J connectivity index is 2.46. The van der Waals surface area contributed by atoms with E-state index in [2.05, 4.69) is 22.5 Å². The normalized spacial score (nSPS) is 11.4. The second-order valence-corrected chi connectivity index (χ2v) is 9.40. The molecule has 0 atom stereocenters. The van der Waals surface area contributed by atoms with Crippen molar-refractivity contribution < 1.29 is 22.3 Å². The maximum absolute atomic E-state index is 14.2. The van der Waals surface area contributed by atoms with E-state index >= 15 is 0 Å². The summed E-state index contributed by atoms with van der Waals surface area (Å²) < 4.78 is 46.2. The first-order valence-electron chi connectivity index (χ1n) is 8.56. The lowest BCUT2D eigenvalue weighted by atomic mass is 10.1. The first-order chi connectivity index (χ1) is 13.6. The Morgan fingerprint density at radius 3 is 2.52 bits per heavy atom. The van der Waals surface area contributed by atoms with Crippen molar-refractivity contribution in [2.45, 2.75) is 11.4 Å². The highest BCUT2D eigenvalue weighted by Gasteiger charge is 2.25. The lowest BCUT2D eigenvalue weighted by Gasteiger charge is -2.23. The van der Waals surface area contributed by atoms with Crippen molar-refractivity contribution in [3.8, 4) is 5.75 Å². The van der Waals surface area contributed by atoms with Gasteiger partial charge in [-0.25, -0.2) is 17.1 Å². The Hall–Kier alpha value is -2.23. The zero-order chi connectivity index (χ0) is 21.8. The standard InChI is InChI=1S/C20H22BrFN2O4S/c1-5-10-24(13-15-11-16(21)7-8-17(15)22)20(25)14-6-9-18(28-4)19(12-14)29(26,27)23(2)3/h5-9,11-12H,1,10,13H2,2-4H3. The largest absolute Gasteiger partial charge is 0.495 e. The molecular weight excluding hydrogens is 463 g/mol. The van der Waals surface area contributed by atoms with Gasteiger partial charge in [-0.15, -0.1) is 6.58 Å². The molecule has 0 saturated carbocycles. The molecule has 6 nitrogen and oxygen atoms in total. The van der Waals surface area contributed by atoms with Crippen LogP contribution < -0.4 is 4.74 Å². The van der Waals surface area contributed by atoms with Crippen LogP contribution in [0.15, 0.2) is 58.4 Å². The zero-order valence-electron chi connectivity index (χ0n) is 16.4. The first kappa shape index (κ1) is 23.1. The predicted octanol–water partition coefficient (Wildman–Crippen LogP) is 3.68. The van der Waals surface area contributed by atoms with Crippen molar-refractivity contribution in [2.24, 2.45) is 0 Å². The number of rotatable bonds is 8. The number of carbonyl (C=O) groups excluding carboxylic acids is 1. The van der Waals surface area contributed by atoms with Crippen molar-refractivity contribution >= 4 is 31.9 Å². The fourth-order valence-corrected chi connectivity index (χ4v) is 4.12. The molecule has 2 rings (SSSR count). The molecule has 9 heteroatoms. The highest BCUT2D eigenvalue weighted by atomic mass is 79.9. The second kappa shape index (κ2) is 9.51. The number of methoxy groups -OCH3 is 1. The van der Waals surface area contributed by atoms with Crippen molar-refractivity contribution in [3.05, 3.63) is 70.5 Å². The first-order valence-corrected chi connectivity index (χ1v) is 10.8. The van der Waals surface area contributed by atoms with Gasteiger partial charge in [0.15, 0.2) is 0 Å². The highest BCUT2D eigenvalue weighted by Crippen LogP contribution is 2.28. The number of amides is 1. The zero-order valence-corrected chi connectivity index (χ0v) is 18.8. The van der Waals surface area contributed by atoms with E-state index in [9.17, 15) is 17.6 Å². The van der Waals surface area contributed by atoms with Crippen LogP contribution in [0, 0.1) is 5.82 Å². The maximum Gasteiger partial charge on any atom is 0.254 e. The lowest BCUT2D eigenvalue weighted by molar-refractivity contribution is 0.0761. The number of hydrogen-bond donors (Lipinski definition) is 0. The van der Waals surface area contributed by atoms with Crippen LogP contribution in [-0.2, 0) is 16.6 Å². The molecule has 0 N–H and O–H groups in total. The van der Waals surface area contributed by atoms with Gasteiger partial charge in [0.25, 0.3) is 5.91 Å². The molecule has 0 aliphatic carbocycles. The second-order valence-electron chi connectivity index (χ2n) is 6.36. The minimum absolute atomic E-state index is 0.00206. The number of hydrogen-bond acceptors (Lipinski definition) is 4. The molecule has 1 amide bonds. The summed E-state index contributed by atoms with van der Waals surface area (Å²) in [5.74, 6) is -0.772. The van der Waals surface area contributed by atoms with Crippen LogP contribution in [-0.4, -0.2) is 51.3 Å². The Morgan fingerprint density at radius 2 is 1.93 bits per heavy atom. The Kier molecular flexibility index (Phi) is 7.56. The number of ether oxygens (including phenoxy) is 1. The summed E-state index contributed by atoms with van der Waals surface area (Å²) in [6.07, 6.45) is 1.52. The Morgan fingerprint density at radius 1 is 1.24 bits per heavy atom. The minimum atomic E-state index is -3.83. The third kappa shape index (κ3) is 5.23. The monoisotopic (exact) mass is 484 g/mol. The molecule has 0 bridgehead atoms. The van der Waals surface area contributed by atoms with Gasteiger partial charge in [0.2, 0.25) is 10.0 Å². The van der Waals surface area contributed by atoms with E-state index in [-0.39, 0.29) is 29.3 Å². The molecule has 2 aromatic rings. The number of carbonyl (C=O) groups is 1. The third-order valence-electron chi connectivity index (χ3n) is 4.17. The summed E-state index contributed by atoms with van der Waals surface area (Å²) in [5, 5.41) is 0. The van der Waals surface area contributed by atoms with Crippen LogP contribution in [0.4, 0.5) is 4.39 Å². The summed E-state index contributed by atoms with van der Waals surface area (Å²) in [5.41, 5.74) is 0.465. The van der Waals surface area contributed by atoms with Crippen LogP contribution in [0.1, 0.15) is 15.9 Å². The number of halogens is 2. The predicted molar refractivity (Wildman–Crippen MR) is 113 cm³/mol. The van der Waals surface area contributed by atoms with Gasteiger partial charge in [-0.3, -0.25) is 4.79 Å². The molecule has 2 aromatic carbocycles. The summed E-state index contributed by atoms with van der Waals surface area (Å²) in [7, 11) is 0.303. The third-order valence-corrected chi connectivity index (χ3v) is 6.50. The Labute approximate surface area is 178 Å². The van der Waals surface area contributed by atoms with Gasteiger partial charge < -0.3 is 9.64 Å². The minimum Gasteiger partial charge on any atom is -0.495 e. The summed E-state index contributed by atoms with van der Waals surface area (Å²) in [6.45, 7) is 3.80. The van der Waals surface area contributed by atoms with Crippen LogP contribution in [0.2, 0.25) is 0 Å². The van der Waals surface area contributed by atoms with E-state index in [0.29, 0.717) is 10.0 Å². The lowest BCUT2D eigenvalue weighted by Crippen LogP contribution is -2.31. The molecule has 0 fully saturated rings.